The monoisotopic (exact) mass is 389 g/mol. The van der Waals surface area contributed by atoms with Crippen LogP contribution in [0.4, 0.5) is 10.2 Å². The zero-order valence-electron chi connectivity index (χ0n) is 15.0. The van der Waals surface area contributed by atoms with Crippen molar-refractivity contribution in [3.8, 4) is 0 Å². The first-order valence-corrected chi connectivity index (χ1v) is 8.78. The van der Waals surface area contributed by atoms with Gasteiger partial charge in [-0.25, -0.2) is 19.3 Å². The number of rotatable bonds is 5. The predicted octanol–water partition coefficient (Wildman–Crippen LogP) is 0.497. The molecule has 0 unspecified atom stereocenters. The number of fused-ring (bicyclic) bond motifs is 1. The van der Waals surface area contributed by atoms with E-state index in [1.54, 1.807) is 6.07 Å². The number of aliphatic hydroxyl groups excluding tert-OH is 3. The van der Waals surface area contributed by atoms with Crippen molar-refractivity contribution in [3.63, 3.8) is 0 Å². The van der Waals surface area contributed by atoms with Gasteiger partial charge >= 0.3 is 0 Å². The molecule has 4 rings (SSSR count). The molecule has 4 atom stereocenters. The Labute approximate surface area is 159 Å². The van der Waals surface area contributed by atoms with Crippen molar-refractivity contribution < 1.29 is 24.4 Å². The Morgan fingerprint density at radius 2 is 2.04 bits per heavy atom. The number of ether oxygens (including phenoxy) is 1. The number of aryl methyl sites for hydroxylation is 1. The second-order valence-electron chi connectivity index (χ2n) is 6.70. The van der Waals surface area contributed by atoms with Gasteiger partial charge in [-0.15, -0.1) is 0 Å². The van der Waals surface area contributed by atoms with Crippen LogP contribution in [0.3, 0.4) is 0 Å². The number of anilines is 1. The molecule has 0 amide bonds. The summed E-state index contributed by atoms with van der Waals surface area (Å²) in [6, 6.07) is 4.57. The standard InChI is InChI=1S/C18H20FN5O4/c1-9-2-3-11(19)4-10(9)5-20-16-13-17(22-7-21-16)24(8-23-13)18-15(27)14(26)12(6-25)28-18/h2-4,7-8,12,14-15,18,25-27H,5-6H2,1H3,(H,20,21,22)/t12-,14-,15-,18-/m1/s1. The maximum atomic E-state index is 13.5. The average molecular weight is 389 g/mol. The minimum Gasteiger partial charge on any atom is -0.394 e. The smallest absolute Gasteiger partial charge is 0.167 e. The third-order valence-electron chi connectivity index (χ3n) is 4.91. The normalized spacial score (nSPS) is 24.8. The van der Waals surface area contributed by atoms with Gasteiger partial charge < -0.3 is 25.4 Å². The summed E-state index contributed by atoms with van der Waals surface area (Å²) in [5, 5.41) is 32.6. The lowest BCUT2D eigenvalue weighted by Crippen LogP contribution is -2.33. The number of hydrogen-bond acceptors (Lipinski definition) is 8. The zero-order chi connectivity index (χ0) is 19.8. The molecule has 3 heterocycles. The van der Waals surface area contributed by atoms with Crippen LogP contribution >= 0.6 is 0 Å². The van der Waals surface area contributed by atoms with Gasteiger partial charge in [0.2, 0.25) is 0 Å². The summed E-state index contributed by atoms with van der Waals surface area (Å²) in [4.78, 5) is 12.7. The Hall–Kier alpha value is -2.66. The number of nitrogens with one attached hydrogen (secondary N) is 1. The van der Waals surface area contributed by atoms with E-state index in [0.717, 1.165) is 11.1 Å². The fourth-order valence-corrected chi connectivity index (χ4v) is 3.29. The van der Waals surface area contributed by atoms with E-state index < -0.39 is 31.1 Å². The summed E-state index contributed by atoms with van der Waals surface area (Å²) in [7, 11) is 0. The molecule has 1 fully saturated rings. The van der Waals surface area contributed by atoms with Crippen LogP contribution in [0.15, 0.2) is 30.9 Å². The number of halogens is 1. The molecular weight excluding hydrogens is 369 g/mol. The Balaban J connectivity index is 1.61. The second-order valence-corrected chi connectivity index (χ2v) is 6.70. The Morgan fingerprint density at radius 1 is 1.21 bits per heavy atom. The van der Waals surface area contributed by atoms with Crippen molar-refractivity contribution in [2.24, 2.45) is 0 Å². The van der Waals surface area contributed by atoms with E-state index in [0.29, 0.717) is 23.5 Å². The minimum absolute atomic E-state index is 0.316. The third kappa shape index (κ3) is 3.20. The quantitative estimate of drug-likeness (QED) is 0.497. The first-order chi connectivity index (χ1) is 13.5. The Morgan fingerprint density at radius 3 is 2.79 bits per heavy atom. The fourth-order valence-electron chi connectivity index (χ4n) is 3.29. The maximum absolute atomic E-state index is 13.5. The lowest BCUT2D eigenvalue weighted by atomic mass is 10.1. The third-order valence-corrected chi connectivity index (χ3v) is 4.91. The summed E-state index contributed by atoms with van der Waals surface area (Å²) in [5.41, 5.74) is 2.56. The summed E-state index contributed by atoms with van der Waals surface area (Å²) < 4.78 is 20.5. The molecule has 28 heavy (non-hydrogen) atoms. The molecular formula is C18H20FN5O4. The molecule has 4 N–H and O–H groups in total. The number of imidazole rings is 1. The van der Waals surface area contributed by atoms with Gasteiger partial charge in [-0.05, 0) is 30.2 Å². The van der Waals surface area contributed by atoms with Crippen LogP contribution in [-0.2, 0) is 11.3 Å². The van der Waals surface area contributed by atoms with Crippen molar-refractivity contribution in [3.05, 3.63) is 47.8 Å². The van der Waals surface area contributed by atoms with Crippen molar-refractivity contribution in [1.82, 2.24) is 19.5 Å². The van der Waals surface area contributed by atoms with E-state index in [4.69, 9.17) is 4.74 Å². The molecule has 3 aromatic rings. The second kappa shape index (κ2) is 7.40. The lowest BCUT2D eigenvalue weighted by Gasteiger charge is -2.16. The van der Waals surface area contributed by atoms with Gasteiger partial charge in [-0.2, -0.15) is 0 Å². The van der Waals surface area contributed by atoms with Gasteiger partial charge in [0.25, 0.3) is 0 Å². The van der Waals surface area contributed by atoms with Crippen LogP contribution in [0.5, 0.6) is 0 Å². The van der Waals surface area contributed by atoms with Gasteiger partial charge in [-0.1, -0.05) is 6.07 Å². The van der Waals surface area contributed by atoms with E-state index >= 15 is 0 Å². The molecule has 1 aromatic carbocycles. The molecule has 1 aliphatic heterocycles. The summed E-state index contributed by atoms with van der Waals surface area (Å²) >= 11 is 0. The number of benzene rings is 1. The van der Waals surface area contributed by atoms with Crippen molar-refractivity contribution in [2.45, 2.75) is 38.0 Å². The molecule has 1 aliphatic rings. The van der Waals surface area contributed by atoms with Crippen LogP contribution in [-0.4, -0.2) is 59.8 Å². The van der Waals surface area contributed by atoms with Gasteiger partial charge in [-0.3, -0.25) is 4.57 Å². The van der Waals surface area contributed by atoms with Crippen LogP contribution < -0.4 is 5.32 Å². The van der Waals surface area contributed by atoms with Gasteiger partial charge in [0, 0.05) is 6.54 Å². The van der Waals surface area contributed by atoms with Crippen LogP contribution in [0.25, 0.3) is 11.2 Å². The molecule has 0 aliphatic carbocycles. The first-order valence-electron chi connectivity index (χ1n) is 8.78. The largest absolute Gasteiger partial charge is 0.394 e. The maximum Gasteiger partial charge on any atom is 0.167 e. The zero-order valence-corrected chi connectivity index (χ0v) is 15.0. The molecule has 0 bridgehead atoms. The highest BCUT2D eigenvalue weighted by Gasteiger charge is 2.44. The molecule has 0 spiro atoms. The van der Waals surface area contributed by atoms with Crippen molar-refractivity contribution in [2.75, 3.05) is 11.9 Å². The minimum atomic E-state index is -1.24. The van der Waals surface area contributed by atoms with Gasteiger partial charge in [0.15, 0.2) is 23.2 Å². The molecule has 2 aromatic heterocycles. The van der Waals surface area contributed by atoms with Crippen molar-refractivity contribution in [1.29, 1.82) is 0 Å². The SMILES string of the molecule is Cc1ccc(F)cc1CNc1ncnc2c1ncn2[C@@H]1O[C@H](CO)[C@@H](O)[C@H]1O. The summed E-state index contributed by atoms with van der Waals surface area (Å²) in [5.74, 6) is 0.128. The highest BCUT2D eigenvalue weighted by molar-refractivity contribution is 5.82. The highest BCUT2D eigenvalue weighted by Crippen LogP contribution is 2.32. The number of nitrogens with zero attached hydrogens (tertiary/aromatic N) is 4. The van der Waals surface area contributed by atoms with E-state index in [-0.39, 0.29) is 5.82 Å². The Kier molecular flexibility index (Phi) is 4.94. The first kappa shape index (κ1) is 18.7. The number of aliphatic hydroxyl groups is 3. The number of hydrogen-bond donors (Lipinski definition) is 4. The van der Waals surface area contributed by atoms with E-state index in [9.17, 15) is 19.7 Å². The Bertz CT molecular complexity index is 997. The lowest BCUT2D eigenvalue weighted by molar-refractivity contribution is -0.0511. The van der Waals surface area contributed by atoms with Crippen LogP contribution in [0.2, 0.25) is 0 Å². The summed E-state index contributed by atoms with van der Waals surface area (Å²) in [6.07, 6.45) is -1.53. The highest BCUT2D eigenvalue weighted by atomic mass is 19.1. The number of aromatic nitrogens is 4. The molecule has 0 radical (unpaired) electrons. The molecule has 148 valence electrons. The van der Waals surface area contributed by atoms with Crippen LogP contribution in [0, 0.1) is 12.7 Å². The predicted molar refractivity (Wildman–Crippen MR) is 96.8 cm³/mol. The van der Waals surface area contributed by atoms with E-state index in [1.165, 1.54) is 29.4 Å². The fraction of sp³-hybridized carbons (Fsp3) is 0.389. The average Bonchev–Trinajstić information content (AvgIpc) is 3.24. The van der Waals surface area contributed by atoms with Gasteiger partial charge in [0.1, 0.15) is 30.5 Å². The molecule has 10 heteroatoms. The summed E-state index contributed by atoms with van der Waals surface area (Å²) in [6.45, 7) is 1.81. The topological polar surface area (TPSA) is 126 Å². The van der Waals surface area contributed by atoms with Gasteiger partial charge in [0.05, 0.1) is 12.9 Å². The molecule has 0 saturated carbocycles. The van der Waals surface area contributed by atoms with Crippen molar-refractivity contribution >= 4 is 17.0 Å². The molecule has 1 saturated heterocycles. The van der Waals surface area contributed by atoms with Crippen LogP contribution in [0.1, 0.15) is 17.4 Å². The van der Waals surface area contributed by atoms with E-state index in [1.807, 2.05) is 6.92 Å². The van der Waals surface area contributed by atoms with E-state index in [2.05, 4.69) is 20.3 Å². The molecule has 9 nitrogen and oxygen atoms in total.